The average Bonchev–Trinajstić information content (AvgIpc) is 2.44. The van der Waals surface area contributed by atoms with Crippen molar-refractivity contribution in [2.24, 2.45) is 5.41 Å². The molecule has 13 heavy (non-hydrogen) atoms. The maximum absolute atomic E-state index is 5.40. The molecule has 0 amide bonds. The summed E-state index contributed by atoms with van der Waals surface area (Å²) in [6.07, 6.45) is 0. The summed E-state index contributed by atoms with van der Waals surface area (Å²) in [5.41, 5.74) is 5.69. The minimum Gasteiger partial charge on any atom is -0.380 e. The Morgan fingerprint density at radius 3 is 2.92 bits per heavy atom. The summed E-state index contributed by atoms with van der Waals surface area (Å²) in [7, 11) is 0. The lowest BCUT2D eigenvalue weighted by molar-refractivity contribution is -0.0861. The Hall–Kier alpha value is -0.750. The van der Waals surface area contributed by atoms with Crippen molar-refractivity contribution in [1.82, 2.24) is 15.2 Å². The highest BCUT2D eigenvalue weighted by Crippen LogP contribution is 2.32. The van der Waals surface area contributed by atoms with Gasteiger partial charge < -0.3 is 10.5 Å². The zero-order valence-corrected chi connectivity index (χ0v) is 8.23. The quantitative estimate of drug-likeness (QED) is 0.695. The summed E-state index contributed by atoms with van der Waals surface area (Å²) in [5, 5.41) is 7.26. The van der Waals surface area contributed by atoms with Crippen LogP contribution < -0.4 is 5.73 Å². The topological polar surface area (TPSA) is 76.8 Å². The molecule has 0 radical (unpaired) electrons. The average molecular weight is 200 g/mol. The number of nitrogens with zero attached hydrogens (tertiary/aromatic N) is 2. The molecule has 2 heterocycles. The number of rotatable bonds is 3. The molecule has 1 fully saturated rings. The fraction of sp³-hybridized carbons (Fsp3) is 0.714. The van der Waals surface area contributed by atoms with Gasteiger partial charge in [0.25, 0.3) is 0 Å². The Labute approximate surface area is 80.4 Å². The van der Waals surface area contributed by atoms with Crippen LogP contribution in [0.4, 0.5) is 5.95 Å². The minimum atomic E-state index is 0.292. The molecular formula is C7H12N4OS. The van der Waals surface area contributed by atoms with Crippen LogP contribution in [0.1, 0.15) is 6.92 Å². The Balaban J connectivity index is 1.85. The standard InChI is InChI=1S/C7H12N4OS/c1-7(2-12-3-7)4-13-6-9-5(8)10-11-6/h2-4H2,1H3,(H3,8,9,10,11). The molecule has 1 aliphatic rings. The van der Waals surface area contributed by atoms with Crippen LogP contribution >= 0.6 is 11.8 Å². The van der Waals surface area contributed by atoms with E-state index in [1.165, 1.54) is 0 Å². The fourth-order valence-electron chi connectivity index (χ4n) is 1.10. The molecule has 5 nitrogen and oxygen atoms in total. The number of H-pyrrole nitrogens is 1. The Bertz CT molecular complexity index is 296. The summed E-state index contributed by atoms with van der Waals surface area (Å²) in [6, 6.07) is 0. The van der Waals surface area contributed by atoms with Crippen molar-refractivity contribution in [1.29, 1.82) is 0 Å². The van der Waals surface area contributed by atoms with E-state index in [9.17, 15) is 0 Å². The third-order valence-electron chi connectivity index (χ3n) is 1.93. The third kappa shape index (κ3) is 1.94. The smallest absolute Gasteiger partial charge is 0.216 e. The highest BCUT2D eigenvalue weighted by atomic mass is 32.2. The Morgan fingerprint density at radius 1 is 1.69 bits per heavy atom. The molecule has 0 saturated carbocycles. The molecule has 1 aromatic rings. The molecule has 1 saturated heterocycles. The van der Waals surface area contributed by atoms with E-state index in [0.29, 0.717) is 16.5 Å². The van der Waals surface area contributed by atoms with Gasteiger partial charge in [0.05, 0.1) is 13.2 Å². The van der Waals surface area contributed by atoms with Crippen LogP contribution in [0.5, 0.6) is 0 Å². The van der Waals surface area contributed by atoms with E-state index in [2.05, 4.69) is 22.1 Å². The van der Waals surface area contributed by atoms with E-state index in [4.69, 9.17) is 10.5 Å². The van der Waals surface area contributed by atoms with Gasteiger partial charge in [0, 0.05) is 11.2 Å². The summed E-state index contributed by atoms with van der Waals surface area (Å²) in [4.78, 5) is 4.01. The first-order valence-electron chi connectivity index (χ1n) is 4.06. The van der Waals surface area contributed by atoms with Crippen LogP contribution in [0.2, 0.25) is 0 Å². The summed E-state index contributed by atoms with van der Waals surface area (Å²) < 4.78 is 5.14. The van der Waals surface area contributed by atoms with E-state index >= 15 is 0 Å². The highest BCUT2D eigenvalue weighted by Gasteiger charge is 2.33. The number of aromatic amines is 1. The molecule has 0 aliphatic carbocycles. The van der Waals surface area contributed by atoms with Gasteiger partial charge in [-0.15, -0.1) is 5.10 Å². The lowest BCUT2D eigenvalue weighted by atomic mass is 9.92. The van der Waals surface area contributed by atoms with Crippen molar-refractivity contribution >= 4 is 17.7 Å². The number of nitrogen functional groups attached to an aromatic ring is 1. The third-order valence-corrected chi connectivity index (χ3v) is 3.22. The maximum atomic E-state index is 5.40. The molecule has 0 aromatic carbocycles. The van der Waals surface area contributed by atoms with Gasteiger partial charge in [-0.1, -0.05) is 18.7 Å². The first-order valence-corrected chi connectivity index (χ1v) is 5.05. The Morgan fingerprint density at radius 2 is 2.46 bits per heavy atom. The molecule has 3 N–H and O–H groups in total. The van der Waals surface area contributed by atoms with Crippen molar-refractivity contribution in [3.8, 4) is 0 Å². The summed E-state index contributed by atoms with van der Waals surface area (Å²) >= 11 is 1.61. The first kappa shape index (κ1) is 8.83. The van der Waals surface area contributed by atoms with E-state index < -0.39 is 0 Å². The van der Waals surface area contributed by atoms with Crippen LogP contribution in [-0.2, 0) is 4.74 Å². The second-order valence-electron chi connectivity index (χ2n) is 3.60. The largest absolute Gasteiger partial charge is 0.380 e. The highest BCUT2D eigenvalue weighted by molar-refractivity contribution is 7.99. The molecule has 0 unspecified atom stereocenters. The Kier molecular flexibility index (Phi) is 2.17. The fourth-order valence-corrected chi connectivity index (χ4v) is 2.01. The predicted molar refractivity (Wildman–Crippen MR) is 50.4 cm³/mol. The SMILES string of the molecule is CC1(CSc2n[nH]c(N)n2)COC1. The molecule has 0 bridgehead atoms. The predicted octanol–water partition coefficient (Wildman–Crippen LogP) is 0.516. The molecule has 0 spiro atoms. The van der Waals surface area contributed by atoms with Gasteiger partial charge in [0.15, 0.2) is 0 Å². The monoisotopic (exact) mass is 200 g/mol. The number of aromatic nitrogens is 3. The summed E-state index contributed by atoms with van der Waals surface area (Å²) in [6.45, 7) is 3.86. The van der Waals surface area contributed by atoms with Crippen LogP contribution in [-0.4, -0.2) is 34.1 Å². The van der Waals surface area contributed by atoms with Gasteiger partial charge >= 0.3 is 0 Å². The number of hydrogen-bond acceptors (Lipinski definition) is 5. The number of anilines is 1. The molecule has 6 heteroatoms. The molecule has 1 aromatic heterocycles. The van der Waals surface area contributed by atoms with Crippen molar-refractivity contribution < 1.29 is 4.74 Å². The second-order valence-corrected chi connectivity index (χ2v) is 4.54. The van der Waals surface area contributed by atoms with Crippen LogP contribution in [0.3, 0.4) is 0 Å². The molecule has 1 aliphatic heterocycles. The number of hydrogen-bond donors (Lipinski definition) is 2. The van der Waals surface area contributed by atoms with Gasteiger partial charge in [-0.3, -0.25) is 0 Å². The number of ether oxygens (including phenoxy) is 1. The van der Waals surface area contributed by atoms with Crippen molar-refractivity contribution in [3.05, 3.63) is 0 Å². The second kappa shape index (κ2) is 3.19. The molecule has 0 atom stereocenters. The zero-order valence-electron chi connectivity index (χ0n) is 7.41. The van der Waals surface area contributed by atoms with E-state index in [1.807, 2.05) is 0 Å². The molecule has 2 rings (SSSR count). The molecule has 72 valence electrons. The van der Waals surface area contributed by atoms with E-state index in [-0.39, 0.29) is 0 Å². The van der Waals surface area contributed by atoms with Gasteiger partial charge in [-0.25, -0.2) is 5.10 Å². The minimum absolute atomic E-state index is 0.292. The van der Waals surface area contributed by atoms with Crippen LogP contribution in [0.25, 0.3) is 0 Å². The lowest BCUT2D eigenvalue weighted by Crippen LogP contribution is -2.41. The van der Waals surface area contributed by atoms with Crippen molar-refractivity contribution in [2.45, 2.75) is 12.1 Å². The molecular weight excluding hydrogens is 188 g/mol. The number of thioether (sulfide) groups is 1. The normalized spacial score (nSPS) is 19.8. The van der Waals surface area contributed by atoms with E-state index in [1.54, 1.807) is 11.8 Å². The number of nitrogens with two attached hydrogens (primary N) is 1. The van der Waals surface area contributed by atoms with Gasteiger partial charge in [0.2, 0.25) is 11.1 Å². The van der Waals surface area contributed by atoms with Crippen molar-refractivity contribution in [3.63, 3.8) is 0 Å². The van der Waals surface area contributed by atoms with Crippen LogP contribution in [0, 0.1) is 5.41 Å². The summed E-state index contributed by atoms with van der Waals surface area (Å²) in [5.74, 6) is 1.35. The lowest BCUT2D eigenvalue weighted by Gasteiger charge is -2.37. The van der Waals surface area contributed by atoms with Gasteiger partial charge in [0.1, 0.15) is 0 Å². The zero-order chi connectivity index (χ0) is 9.31. The van der Waals surface area contributed by atoms with Crippen molar-refractivity contribution in [2.75, 3.05) is 24.7 Å². The number of nitrogens with one attached hydrogen (secondary N) is 1. The van der Waals surface area contributed by atoms with Gasteiger partial charge in [-0.05, 0) is 0 Å². The maximum Gasteiger partial charge on any atom is 0.216 e. The van der Waals surface area contributed by atoms with Crippen LogP contribution in [0.15, 0.2) is 5.16 Å². The first-order chi connectivity index (χ1) is 6.18. The van der Waals surface area contributed by atoms with E-state index in [0.717, 1.165) is 19.0 Å². The van der Waals surface area contributed by atoms with Gasteiger partial charge in [-0.2, -0.15) is 4.98 Å².